The van der Waals surface area contributed by atoms with Gasteiger partial charge in [-0.3, -0.25) is 4.84 Å². The molecule has 118 valence electrons. The largest absolute Gasteiger partial charge is 0.406 e. The van der Waals surface area contributed by atoms with E-state index >= 15 is 0 Å². The Morgan fingerprint density at radius 2 is 1.90 bits per heavy atom. The first-order valence-corrected chi connectivity index (χ1v) is 7.56. The van der Waals surface area contributed by atoms with Gasteiger partial charge < -0.3 is 4.18 Å². The van der Waals surface area contributed by atoms with Crippen LogP contribution in [0.3, 0.4) is 0 Å². The second-order valence-corrected chi connectivity index (χ2v) is 6.98. The summed E-state index contributed by atoms with van der Waals surface area (Å²) in [5.74, 6) is -1.97. The standard InChI is InChI=1S/C11H18F3NO4S/c1-10(2,3)19-15-6-4-9(5-7-15)18-20(16,17)8-11(12,13)14/h4H,5-8H2,1-3H3. The van der Waals surface area contributed by atoms with E-state index in [1.54, 1.807) is 5.06 Å². The molecule has 9 heteroatoms. The lowest BCUT2D eigenvalue weighted by Crippen LogP contribution is -2.37. The molecule has 0 unspecified atom stereocenters. The van der Waals surface area contributed by atoms with Crippen LogP contribution in [-0.4, -0.2) is 44.1 Å². The SMILES string of the molecule is CC(C)(C)ON1CC=C(OS(=O)(=O)CC(F)(F)F)CC1. The van der Waals surface area contributed by atoms with Gasteiger partial charge in [-0.2, -0.15) is 26.7 Å². The molecule has 0 saturated carbocycles. The Labute approximate surface area is 116 Å². The lowest BCUT2D eigenvalue weighted by atomic mass is 10.2. The molecule has 1 aliphatic rings. The highest BCUT2D eigenvalue weighted by molar-refractivity contribution is 7.86. The van der Waals surface area contributed by atoms with E-state index in [0.717, 1.165) is 0 Å². The fraction of sp³-hybridized carbons (Fsp3) is 0.818. The summed E-state index contributed by atoms with van der Waals surface area (Å²) < 4.78 is 63.0. The van der Waals surface area contributed by atoms with Gasteiger partial charge in [0.1, 0.15) is 5.76 Å². The molecule has 0 saturated heterocycles. The van der Waals surface area contributed by atoms with E-state index in [1.165, 1.54) is 6.08 Å². The maximum atomic E-state index is 12.0. The first-order chi connectivity index (χ1) is 8.86. The molecule has 20 heavy (non-hydrogen) atoms. The third-order valence-electron chi connectivity index (χ3n) is 2.11. The van der Waals surface area contributed by atoms with Crippen LogP contribution in [0.15, 0.2) is 11.8 Å². The molecule has 5 nitrogen and oxygen atoms in total. The highest BCUT2D eigenvalue weighted by Crippen LogP contribution is 2.22. The quantitative estimate of drug-likeness (QED) is 0.744. The van der Waals surface area contributed by atoms with Gasteiger partial charge in [-0.1, -0.05) is 0 Å². The van der Waals surface area contributed by atoms with Crippen LogP contribution in [-0.2, 0) is 19.1 Å². The maximum absolute atomic E-state index is 12.0. The smallest absolute Gasteiger partial charge is 0.387 e. The van der Waals surface area contributed by atoms with Crippen molar-refractivity contribution in [2.75, 3.05) is 18.8 Å². The van der Waals surface area contributed by atoms with E-state index in [4.69, 9.17) is 4.84 Å². The van der Waals surface area contributed by atoms with Crippen molar-refractivity contribution in [3.63, 3.8) is 0 Å². The molecular formula is C11H18F3NO4S. The summed E-state index contributed by atoms with van der Waals surface area (Å²) in [4.78, 5) is 5.54. The molecule has 0 spiro atoms. The maximum Gasteiger partial charge on any atom is 0.406 e. The van der Waals surface area contributed by atoms with Gasteiger partial charge in [0.25, 0.3) is 0 Å². The van der Waals surface area contributed by atoms with Crippen molar-refractivity contribution in [3.05, 3.63) is 11.8 Å². The van der Waals surface area contributed by atoms with Gasteiger partial charge in [0.05, 0.1) is 5.60 Å². The average molecular weight is 317 g/mol. The molecule has 0 atom stereocenters. The van der Waals surface area contributed by atoms with Crippen molar-refractivity contribution in [1.29, 1.82) is 0 Å². The molecule has 0 N–H and O–H groups in total. The van der Waals surface area contributed by atoms with Crippen LogP contribution in [0.4, 0.5) is 13.2 Å². The molecule has 0 aliphatic carbocycles. The monoisotopic (exact) mass is 317 g/mol. The Balaban J connectivity index is 2.56. The Kier molecular flexibility index (Phi) is 5.09. The van der Waals surface area contributed by atoms with Crippen molar-refractivity contribution < 1.29 is 30.6 Å². The Bertz CT molecular complexity index is 465. The summed E-state index contributed by atoms with van der Waals surface area (Å²) >= 11 is 0. The first kappa shape index (κ1) is 17.3. The van der Waals surface area contributed by atoms with Crippen LogP contribution in [0.25, 0.3) is 0 Å². The van der Waals surface area contributed by atoms with Gasteiger partial charge in [0.15, 0.2) is 5.75 Å². The van der Waals surface area contributed by atoms with Crippen LogP contribution < -0.4 is 0 Å². The number of alkyl halides is 3. The van der Waals surface area contributed by atoms with E-state index in [9.17, 15) is 21.6 Å². The highest BCUT2D eigenvalue weighted by atomic mass is 32.2. The zero-order valence-electron chi connectivity index (χ0n) is 11.5. The van der Waals surface area contributed by atoms with Crippen LogP contribution in [0.1, 0.15) is 27.2 Å². The number of hydrogen-bond donors (Lipinski definition) is 0. The topological polar surface area (TPSA) is 55.8 Å². The molecular weight excluding hydrogens is 299 g/mol. The molecule has 0 aromatic heterocycles. The van der Waals surface area contributed by atoms with Crippen molar-refractivity contribution in [3.8, 4) is 0 Å². The Morgan fingerprint density at radius 3 is 2.30 bits per heavy atom. The zero-order chi connectivity index (χ0) is 15.6. The molecule has 0 radical (unpaired) electrons. The van der Waals surface area contributed by atoms with Crippen molar-refractivity contribution in [1.82, 2.24) is 5.06 Å². The molecule has 0 fully saturated rings. The van der Waals surface area contributed by atoms with E-state index in [0.29, 0.717) is 6.54 Å². The third-order valence-corrected chi connectivity index (χ3v) is 3.26. The van der Waals surface area contributed by atoms with E-state index in [-0.39, 0.29) is 18.7 Å². The summed E-state index contributed by atoms with van der Waals surface area (Å²) in [6, 6.07) is 0. The predicted molar refractivity (Wildman–Crippen MR) is 66.0 cm³/mol. The van der Waals surface area contributed by atoms with E-state index in [2.05, 4.69) is 4.18 Å². The van der Waals surface area contributed by atoms with Crippen LogP contribution in [0.5, 0.6) is 0 Å². The first-order valence-electron chi connectivity index (χ1n) is 5.98. The summed E-state index contributed by atoms with van der Waals surface area (Å²) in [6.07, 6.45) is -3.23. The minimum Gasteiger partial charge on any atom is -0.387 e. The average Bonchev–Trinajstić information content (AvgIpc) is 2.14. The van der Waals surface area contributed by atoms with Gasteiger partial charge in [-0.25, -0.2) is 0 Å². The molecule has 1 aliphatic heterocycles. The molecule has 1 heterocycles. The van der Waals surface area contributed by atoms with Crippen LogP contribution in [0, 0.1) is 0 Å². The van der Waals surface area contributed by atoms with Gasteiger partial charge in [0.2, 0.25) is 0 Å². The summed E-state index contributed by atoms with van der Waals surface area (Å²) in [7, 11) is -4.64. The van der Waals surface area contributed by atoms with Gasteiger partial charge in [0, 0.05) is 19.5 Å². The number of hydroxylamine groups is 2. The Morgan fingerprint density at radius 1 is 1.30 bits per heavy atom. The van der Waals surface area contributed by atoms with Crippen molar-refractivity contribution in [2.45, 2.75) is 39.0 Å². The summed E-state index contributed by atoms with van der Waals surface area (Å²) in [5.41, 5.74) is -0.394. The summed E-state index contributed by atoms with van der Waals surface area (Å²) in [6.45, 7) is 6.18. The zero-order valence-corrected chi connectivity index (χ0v) is 12.3. The number of nitrogens with zero attached hydrogens (tertiary/aromatic N) is 1. The van der Waals surface area contributed by atoms with Crippen LogP contribution >= 0.6 is 0 Å². The lowest BCUT2D eigenvalue weighted by Gasteiger charge is -2.31. The number of hydrogen-bond acceptors (Lipinski definition) is 5. The van der Waals surface area contributed by atoms with E-state index in [1.807, 2.05) is 20.8 Å². The molecule has 0 aromatic carbocycles. The minimum atomic E-state index is -4.81. The number of rotatable bonds is 4. The van der Waals surface area contributed by atoms with Crippen LogP contribution in [0.2, 0.25) is 0 Å². The fourth-order valence-electron chi connectivity index (χ4n) is 1.57. The Hall–Kier alpha value is -0.800. The summed E-state index contributed by atoms with van der Waals surface area (Å²) in [5, 5.41) is 1.60. The van der Waals surface area contributed by atoms with Gasteiger partial charge in [-0.05, 0) is 26.8 Å². The lowest BCUT2D eigenvalue weighted by molar-refractivity contribution is -0.225. The van der Waals surface area contributed by atoms with Crippen molar-refractivity contribution in [2.24, 2.45) is 0 Å². The highest BCUT2D eigenvalue weighted by Gasteiger charge is 2.37. The third kappa shape index (κ3) is 7.11. The molecule has 0 bridgehead atoms. The minimum absolute atomic E-state index is 0.0167. The molecule has 0 amide bonds. The predicted octanol–water partition coefficient (Wildman–Crippen LogP) is 2.21. The van der Waals surface area contributed by atoms with Gasteiger partial charge in [-0.15, -0.1) is 0 Å². The molecule has 0 aromatic rings. The second kappa shape index (κ2) is 5.90. The van der Waals surface area contributed by atoms with Crippen molar-refractivity contribution >= 4 is 10.1 Å². The number of halogens is 3. The molecule has 1 rings (SSSR count). The van der Waals surface area contributed by atoms with E-state index < -0.39 is 27.6 Å². The second-order valence-electron chi connectivity index (χ2n) is 5.41. The fourth-order valence-corrected chi connectivity index (χ4v) is 2.51. The van der Waals surface area contributed by atoms with Gasteiger partial charge >= 0.3 is 16.3 Å². The normalized spacial score (nSPS) is 18.8.